The summed E-state index contributed by atoms with van der Waals surface area (Å²) in [4.78, 5) is 7.26. The van der Waals surface area contributed by atoms with E-state index in [0.717, 1.165) is 50.9 Å². The van der Waals surface area contributed by atoms with Gasteiger partial charge in [-0.3, -0.25) is 9.89 Å². The fraction of sp³-hybridized carbons (Fsp3) is 0.737. The Kier molecular flexibility index (Phi) is 10.2. The summed E-state index contributed by atoms with van der Waals surface area (Å²) in [5.74, 6) is 1.85. The lowest BCUT2D eigenvalue weighted by Gasteiger charge is -2.24. The molecule has 7 nitrogen and oxygen atoms in total. The average Bonchev–Trinajstić information content (AvgIpc) is 3.35. The zero-order chi connectivity index (χ0) is 18.5. The molecule has 0 amide bonds. The number of likely N-dealkylation sites (tertiary alicyclic amines) is 1. The predicted molar refractivity (Wildman–Crippen MR) is 104 cm³/mol. The third kappa shape index (κ3) is 7.35. The molecule has 2 heterocycles. The summed E-state index contributed by atoms with van der Waals surface area (Å²) in [5, 5.41) is 6.70. The van der Waals surface area contributed by atoms with Crippen molar-refractivity contribution in [3.63, 3.8) is 0 Å². The maximum Gasteiger partial charge on any atom is 0.191 e. The van der Waals surface area contributed by atoms with Gasteiger partial charge in [0, 0.05) is 26.8 Å². The Balaban J connectivity index is 1.81. The molecule has 1 saturated heterocycles. The second-order valence-corrected chi connectivity index (χ2v) is 6.38. The van der Waals surface area contributed by atoms with E-state index in [4.69, 9.17) is 18.9 Å². The number of methoxy groups -OCH3 is 1. The van der Waals surface area contributed by atoms with Crippen LogP contribution in [0.4, 0.5) is 0 Å². The highest BCUT2D eigenvalue weighted by Gasteiger charge is 2.25. The van der Waals surface area contributed by atoms with Crippen LogP contribution in [0.5, 0.6) is 0 Å². The predicted octanol–water partition coefficient (Wildman–Crippen LogP) is 2.02. The van der Waals surface area contributed by atoms with Gasteiger partial charge in [-0.1, -0.05) is 0 Å². The summed E-state index contributed by atoms with van der Waals surface area (Å²) in [6.45, 7) is 8.67. The molecule has 1 aliphatic rings. The number of nitrogens with zero attached hydrogens (tertiary/aromatic N) is 2. The molecule has 1 aromatic heterocycles. The SMILES string of the molecule is CCNC(=NCC(c1ccco1)N1CCCC1)NCCCOCCOC. The van der Waals surface area contributed by atoms with E-state index in [1.54, 1.807) is 13.4 Å². The summed E-state index contributed by atoms with van der Waals surface area (Å²) in [5.41, 5.74) is 0. The van der Waals surface area contributed by atoms with Crippen molar-refractivity contribution in [3.05, 3.63) is 24.2 Å². The second-order valence-electron chi connectivity index (χ2n) is 6.38. The molecule has 1 aromatic rings. The minimum atomic E-state index is 0.209. The summed E-state index contributed by atoms with van der Waals surface area (Å²) in [6, 6.07) is 4.21. The van der Waals surface area contributed by atoms with E-state index in [2.05, 4.69) is 28.5 Å². The third-order valence-electron chi connectivity index (χ3n) is 4.41. The van der Waals surface area contributed by atoms with E-state index >= 15 is 0 Å². The Morgan fingerprint density at radius 1 is 1.27 bits per heavy atom. The van der Waals surface area contributed by atoms with E-state index in [-0.39, 0.29) is 6.04 Å². The molecular formula is C19H34N4O3. The molecule has 0 bridgehead atoms. The Labute approximate surface area is 157 Å². The Morgan fingerprint density at radius 3 is 2.81 bits per heavy atom. The largest absolute Gasteiger partial charge is 0.468 e. The molecule has 0 saturated carbocycles. The zero-order valence-corrected chi connectivity index (χ0v) is 16.2. The number of ether oxygens (including phenoxy) is 2. The van der Waals surface area contributed by atoms with Crippen LogP contribution in [0.3, 0.4) is 0 Å². The molecule has 1 aliphatic heterocycles. The fourth-order valence-corrected chi connectivity index (χ4v) is 3.06. The van der Waals surface area contributed by atoms with Crippen molar-refractivity contribution in [1.29, 1.82) is 0 Å². The molecule has 2 N–H and O–H groups in total. The topological polar surface area (TPSA) is 71.3 Å². The van der Waals surface area contributed by atoms with Crippen molar-refractivity contribution < 1.29 is 13.9 Å². The van der Waals surface area contributed by atoms with Gasteiger partial charge in [0.25, 0.3) is 0 Å². The van der Waals surface area contributed by atoms with Gasteiger partial charge in [-0.15, -0.1) is 0 Å². The lowest BCUT2D eigenvalue weighted by atomic mass is 10.2. The number of guanidine groups is 1. The number of nitrogens with one attached hydrogen (secondary N) is 2. The zero-order valence-electron chi connectivity index (χ0n) is 16.2. The highest BCUT2D eigenvalue weighted by Crippen LogP contribution is 2.25. The van der Waals surface area contributed by atoms with Crippen LogP contribution >= 0.6 is 0 Å². The molecule has 0 spiro atoms. The third-order valence-corrected chi connectivity index (χ3v) is 4.41. The number of furan rings is 1. The molecule has 0 radical (unpaired) electrons. The van der Waals surface area contributed by atoms with Crippen LogP contribution in [0.1, 0.15) is 38.0 Å². The molecule has 1 unspecified atom stereocenters. The summed E-state index contributed by atoms with van der Waals surface area (Å²) < 4.78 is 16.1. The molecule has 7 heteroatoms. The molecule has 0 aromatic carbocycles. The van der Waals surface area contributed by atoms with E-state index in [1.807, 2.05) is 6.07 Å². The summed E-state index contributed by atoms with van der Waals surface area (Å²) in [7, 11) is 1.68. The first-order valence-corrected chi connectivity index (χ1v) is 9.71. The number of aliphatic imine (C=N–C) groups is 1. The lowest BCUT2D eigenvalue weighted by Crippen LogP contribution is -2.39. The molecule has 1 fully saturated rings. The Morgan fingerprint density at radius 2 is 2.12 bits per heavy atom. The van der Waals surface area contributed by atoms with Gasteiger partial charge in [0.15, 0.2) is 5.96 Å². The molecule has 0 aliphatic carbocycles. The average molecular weight is 367 g/mol. The van der Waals surface area contributed by atoms with E-state index in [9.17, 15) is 0 Å². The van der Waals surface area contributed by atoms with Crippen molar-refractivity contribution in [3.8, 4) is 0 Å². The van der Waals surface area contributed by atoms with Gasteiger partial charge in [0.05, 0.1) is 32.1 Å². The van der Waals surface area contributed by atoms with E-state index in [0.29, 0.717) is 19.8 Å². The second kappa shape index (κ2) is 12.7. The first-order valence-electron chi connectivity index (χ1n) is 9.71. The van der Waals surface area contributed by atoms with Crippen LogP contribution in [0.15, 0.2) is 27.8 Å². The van der Waals surface area contributed by atoms with Crippen LogP contribution in [0, 0.1) is 0 Å². The fourth-order valence-electron chi connectivity index (χ4n) is 3.06. The van der Waals surface area contributed by atoms with Gasteiger partial charge in [0.1, 0.15) is 5.76 Å². The van der Waals surface area contributed by atoms with Gasteiger partial charge in [-0.05, 0) is 51.4 Å². The maximum absolute atomic E-state index is 5.67. The normalized spacial score (nSPS) is 16.8. The highest BCUT2D eigenvalue weighted by molar-refractivity contribution is 5.79. The van der Waals surface area contributed by atoms with Gasteiger partial charge in [0.2, 0.25) is 0 Å². The molecule has 26 heavy (non-hydrogen) atoms. The standard InChI is InChI=1S/C19H34N4O3/c1-3-20-19(21-9-7-12-25-15-14-24-2)22-16-17(18-8-6-13-26-18)23-10-4-5-11-23/h6,8,13,17H,3-5,7,9-12,14-16H2,1-2H3,(H2,20,21,22). The number of hydrogen-bond acceptors (Lipinski definition) is 5. The Bertz CT molecular complexity index is 487. The van der Waals surface area contributed by atoms with Crippen LogP contribution in [-0.4, -0.2) is 70.5 Å². The van der Waals surface area contributed by atoms with Crippen molar-refractivity contribution in [1.82, 2.24) is 15.5 Å². The van der Waals surface area contributed by atoms with Crippen molar-refractivity contribution in [2.75, 3.05) is 59.7 Å². The Hall–Kier alpha value is -1.57. The molecule has 148 valence electrons. The van der Waals surface area contributed by atoms with Crippen molar-refractivity contribution in [2.24, 2.45) is 4.99 Å². The number of rotatable bonds is 12. The molecular weight excluding hydrogens is 332 g/mol. The number of hydrogen-bond donors (Lipinski definition) is 2. The van der Waals surface area contributed by atoms with Crippen LogP contribution in [0.25, 0.3) is 0 Å². The van der Waals surface area contributed by atoms with E-state index in [1.165, 1.54) is 12.8 Å². The molecule has 1 atom stereocenters. The van der Waals surface area contributed by atoms with Gasteiger partial charge >= 0.3 is 0 Å². The first kappa shape index (κ1) is 20.7. The van der Waals surface area contributed by atoms with Crippen LogP contribution in [0.2, 0.25) is 0 Å². The lowest BCUT2D eigenvalue weighted by molar-refractivity contribution is 0.0698. The minimum Gasteiger partial charge on any atom is -0.468 e. The summed E-state index contributed by atoms with van der Waals surface area (Å²) >= 11 is 0. The van der Waals surface area contributed by atoms with Crippen LogP contribution < -0.4 is 10.6 Å². The quantitative estimate of drug-likeness (QED) is 0.335. The maximum atomic E-state index is 5.67. The minimum absolute atomic E-state index is 0.209. The van der Waals surface area contributed by atoms with Gasteiger partial charge in [-0.25, -0.2) is 0 Å². The van der Waals surface area contributed by atoms with Crippen molar-refractivity contribution in [2.45, 2.75) is 32.2 Å². The van der Waals surface area contributed by atoms with Crippen LogP contribution in [-0.2, 0) is 9.47 Å². The van der Waals surface area contributed by atoms with Gasteiger partial charge in [-0.2, -0.15) is 0 Å². The molecule has 2 rings (SSSR count). The van der Waals surface area contributed by atoms with E-state index < -0.39 is 0 Å². The smallest absolute Gasteiger partial charge is 0.191 e. The summed E-state index contributed by atoms with van der Waals surface area (Å²) in [6.07, 6.45) is 5.18. The monoisotopic (exact) mass is 366 g/mol. The highest BCUT2D eigenvalue weighted by atomic mass is 16.5. The van der Waals surface area contributed by atoms with Gasteiger partial charge < -0.3 is 24.5 Å². The van der Waals surface area contributed by atoms with Crippen molar-refractivity contribution >= 4 is 5.96 Å². The first-order chi connectivity index (χ1) is 12.8.